The van der Waals surface area contributed by atoms with Crippen molar-refractivity contribution in [3.8, 4) is 0 Å². The molecule has 15 heavy (non-hydrogen) atoms. The summed E-state index contributed by atoms with van der Waals surface area (Å²) in [5.41, 5.74) is -0.146. The van der Waals surface area contributed by atoms with E-state index in [2.05, 4.69) is 14.8 Å². The van der Waals surface area contributed by atoms with Crippen molar-refractivity contribution in [2.24, 2.45) is 0 Å². The second-order valence-corrected chi connectivity index (χ2v) is 6.33. The number of hydrogen-bond acceptors (Lipinski definition) is 4. The molecule has 2 bridgehead atoms. The molecule has 0 spiro atoms. The van der Waals surface area contributed by atoms with Crippen LogP contribution < -0.4 is 0 Å². The van der Waals surface area contributed by atoms with Gasteiger partial charge in [0.05, 0.1) is 6.61 Å². The third kappa shape index (κ3) is 1.27. The molecule has 5 heteroatoms. The van der Waals surface area contributed by atoms with Crippen molar-refractivity contribution < 1.29 is 14.2 Å². The van der Waals surface area contributed by atoms with Crippen molar-refractivity contribution in [1.82, 2.24) is 0 Å². The molecule has 0 aliphatic carbocycles. The molecule has 0 amide bonds. The predicted molar refractivity (Wildman–Crippen MR) is 62.4 cm³/mol. The Morgan fingerprint density at radius 1 is 1.60 bits per heavy atom. The number of hydrogen-bond donors (Lipinski definition) is 0. The van der Waals surface area contributed by atoms with Crippen LogP contribution in [0.25, 0.3) is 0 Å². The Balaban J connectivity index is 1.93. The first-order valence-corrected chi connectivity index (χ1v) is 6.59. The van der Waals surface area contributed by atoms with E-state index < -0.39 is 0 Å². The molecule has 4 aliphatic rings. The number of ether oxygens (including phenoxy) is 3. The summed E-state index contributed by atoms with van der Waals surface area (Å²) in [6.45, 7) is 3.72. The maximum absolute atomic E-state index is 6.08. The van der Waals surface area contributed by atoms with Gasteiger partial charge in [-0.05, 0) is 12.7 Å². The highest BCUT2D eigenvalue weighted by Crippen LogP contribution is 2.60. The highest BCUT2D eigenvalue weighted by Gasteiger charge is 2.72. The molecule has 0 aromatic carbocycles. The van der Waals surface area contributed by atoms with Crippen LogP contribution in [0.4, 0.5) is 0 Å². The van der Waals surface area contributed by atoms with Gasteiger partial charge in [0.1, 0.15) is 25.2 Å². The molecule has 0 aromatic rings. The van der Waals surface area contributed by atoms with Crippen LogP contribution in [0.3, 0.4) is 0 Å². The SMILES string of the molecule is B[C@@H]1COC2(COC)CSC1C1(C)OC21. The van der Waals surface area contributed by atoms with Crippen LogP contribution in [0.5, 0.6) is 0 Å². The van der Waals surface area contributed by atoms with Gasteiger partial charge < -0.3 is 14.2 Å². The van der Waals surface area contributed by atoms with Crippen molar-refractivity contribution in [2.45, 2.75) is 35.3 Å². The monoisotopic (exact) mass is 228 g/mol. The summed E-state index contributed by atoms with van der Waals surface area (Å²) < 4.78 is 17.3. The first-order chi connectivity index (χ1) is 7.12. The molecule has 4 saturated heterocycles. The lowest BCUT2D eigenvalue weighted by molar-refractivity contribution is -0.0851. The number of thioether (sulfide) groups is 1. The van der Waals surface area contributed by atoms with Gasteiger partial charge in [-0.15, -0.1) is 0 Å². The molecule has 4 unspecified atom stereocenters. The first kappa shape index (κ1) is 10.4. The van der Waals surface area contributed by atoms with Crippen molar-refractivity contribution >= 4 is 19.6 Å². The van der Waals surface area contributed by atoms with Crippen LogP contribution in [0.15, 0.2) is 0 Å². The topological polar surface area (TPSA) is 31.0 Å². The largest absolute Gasteiger partial charge is 0.382 e. The molecule has 0 N–H and O–H groups in total. The fourth-order valence-corrected chi connectivity index (χ4v) is 4.87. The number of methoxy groups -OCH3 is 1. The molecular formula is C10H17BO3S. The zero-order valence-electron chi connectivity index (χ0n) is 9.49. The minimum absolute atomic E-state index is 0.0391. The Hall–Kier alpha value is 0.295. The summed E-state index contributed by atoms with van der Waals surface area (Å²) in [5.74, 6) is 1.59. The van der Waals surface area contributed by atoms with Crippen molar-refractivity contribution in [3.05, 3.63) is 0 Å². The van der Waals surface area contributed by atoms with Crippen LogP contribution in [-0.4, -0.2) is 56.5 Å². The standard InChI is InChI=1S/C10H17BO3S/c1-9-7-6(11)3-13-10(4-12-2,5-15-7)8(9)14-9/h6-8H,3-5,11H2,1-2H3/t6-,7?,8?,9?,10?/m1/s1. The molecule has 4 rings (SSSR count). The summed E-state index contributed by atoms with van der Waals surface area (Å²) in [4.78, 5) is 0. The van der Waals surface area contributed by atoms with Gasteiger partial charge >= 0.3 is 0 Å². The zero-order valence-corrected chi connectivity index (χ0v) is 10.3. The number of fused-ring (bicyclic) bond motifs is 3. The van der Waals surface area contributed by atoms with Gasteiger partial charge in [-0.1, -0.05) is 0 Å². The molecule has 4 aliphatic heterocycles. The van der Waals surface area contributed by atoms with Crippen LogP contribution in [0.2, 0.25) is 5.82 Å². The maximum atomic E-state index is 6.08. The lowest BCUT2D eigenvalue weighted by Gasteiger charge is -2.34. The van der Waals surface area contributed by atoms with Crippen molar-refractivity contribution in [3.63, 3.8) is 0 Å². The maximum Gasteiger partial charge on any atom is 0.129 e. The van der Waals surface area contributed by atoms with Crippen LogP contribution in [0.1, 0.15) is 6.92 Å². The molecule has 4 fully saturated rings. The molecule has 84 valence electrons. The van der Waals surface area contributed by atoms with E-state index in [1.165, 1.54) is 0 Å². The van der Waals surface area contributed by atoms with Gasteiger partial charge in [0.15, 0.2) is 0 Å². The summed E-state index contributed by atoms with van der Waals surface area (Å²) >= 11 is 2.00. The zero-order chi connectivity index (χ0) is 10.7. The van der Waals surface area contributed by atoms with E-state index in [1.807, 2.05) is 11.8 Å². The van der Waals surface area contributed by atoms with E-state index >= 15 is 0 Å². The van der Waals surface area contributed by atoms with Gasteiger partial charge in [-0.3, -0.25) is 0 Å². The lowest BCUT2D eigenvalue weighted by atomic mass is 9.78. The Morgan fingerprint density at radius 3 is 3.13 bits per heavy atom. The molecule has 4 heterocycles. The van der Waals surface area contributed by atoms with Gasteiger partial charge in [0, 0.05) is 24.7 Å². The summed E-state index contributed by atoms with van der Waals surface area (Å²) in [6.07, 6.45) is 0.251. The van der Waals surface area contributed by atoms with E-state index in [-0.39, 0.29) is 17.3 Å². The van der Waals surface area contributed by atoms with E-state index in [0.29, 0.717) is 17.7 Å². The second kappa shape index (κ2) is 3.16. The number of rotatable bonds is 2. The summed E-state index contributed by atoms with van der Waals surface area (Å²) in [6, 6.07) is 0. The second-order valence-electron chi connectivity index (χ2n) is 5.20. The van der Waals surface area contributed by atoms with Gasteiger partial charge in [0.25, 0.3) is 0 Å². The third-order valence-corrected chi connectivity index (χ3v) is 5.87. The molecule has 0 aromatic heterocycles. The normalized spacial score (nSPS) is 57.3. The van der Waals surface area contributed by atoms with E-state index in [4.69, 9.17) is 14.2 Å². The van der Waals surface area contributed by atoms with Crippen LogP contribution in [-0.2, 0) is 14.2 Å². The van der Waals surface area contributed by atoms with Crippen LogP contribution in [0, 0.1) is 0 Å². The molecule has 5 atom stereocenters. The minimum atomic E-state index is -0.185. The van der Waals surface area contributed by atoms with Gasteiger partial charge in [0.2, 0.25) is 0 Å². The van der Waals surface area contributed by atoms with Gasteiger partial charge in [-0.2, -0.15) is 11.8 Å². The Kier molecular flexibility index (Phi) is 2.20. The van der Waals surface area contributed by atoms with Gasteiger partial charge in [-0.25, -0.2) is 0 Å². The lowest BCUT2D eigenvalue weighted by Crippen LogP contribution is -2.51. The molecule has 0 saturated carbocycles. The molecular weight excluding hydrogens is 211 g/mol. The summed E-state index contributed by atoms with van der Waals surface area (Å²) in [7, 11) is 4.00. The number of epoxide rings is 1. The smallest absolute Gasteiger partial charge is 0.129 e. The Labute approximate surface area is 95.6 Å². The average Bonchev–Trinajstić information content (AvgIpc) is 2.91. The average molecular weight is 228 g/mol. The van der Waals surface area contributed by atoms with Crippen molar-refractivity contribution in [1.29, 1.82) is 0 Å². The van der Waals surface area contributed by atoms with Crippen molar-refractivity contribution in [2.75, 3.05) is 26.1 Å². The predicted octanol–water partition coefficient (Wildman–Crippen LogP) is 0.0963. The quantitative estimate of drug-likeness (QED) is 0.495. The first-order valence-electron chi connectivity index (χ1n) is 5.55. The Bertz CT molecular complexity index is 290. The highest BCUT2D eigenvalue weighted by molar-refractivity contribution is 8.00. The Morgan fingerprint density at radius 2 is 2.40 bits per heavy atom. The van der Waals surface area contributed by atoms with Crippen LogP contribution >= 0.6 is 11.8 Å². The minimum Gasteiger partial charge on any atom is -0.382 e. The summed E-state index contributed by atoms with van der Waals surface area (Å²) in [5, 5.41) is 0.593. The van der Waals surface area contributed by atoms with E-state index in [0.717, 1.165) is 12.4 Å². The molecule has 3 nitrogen and oxygen atoms in total. The van der Waals surface area contributed by atoms with E-state index in [1.54, 1.807) is 7.11 Å². The highest BCUT2D eigenvalue weighted by atomic mass is 32.2. The molecule has 0 radical (unpaired) electrons. The fourth-order valence-electron chi connectivity index (χ4n) is 3.17. The van der Waals surface area contributed by atoms with E-state index in [9.17, 15) is 0 Å². The third-order valence-electron chi connectivity index (χ3n) is 3.92. The fraction of sp³-hybridized carbons (Fsp3) is 1.00.